The summed E-state index contributed by atoms with van der Waals surface area (Å²) in [5, 5.41) is 3.94. The summed E-state index contributed by atoms with van der Waals surface area (Å²) >= 11 is 12.0. The average Bonchev–Trinajstić information content (AvgIpc) is 2.38. The maximum atomic E-state index is 6.03. The van der Waals surface area contributed by atoms with Crippen molar-refractivity contribution in [3.05, 3.63) is 40.0 Å². The minimum Gasteiger partial charge on any atom is -0.437 e. The molecule has 0 spiro atoms. The highest BCUT2D eigenvalue weighted by Crippen LogP contribution is 2.31. The number of rotatable bonds is 4. The van der Waals surface area contributed by atoms with Gasteiger partial charge in [-0.15, -0.1) is 0 Å². The topological polar surface area (TPSA) is 47.0 Å². The largest absolute Gasteiger partial charge is 0.437 e. The van der Waals surface area contributed by atoms with E-state index >= 15 is 0 Å². The van der Waals surface area contributed by atoms with Crippen LogP contribution in [0.4, 0.5) is 5.95 Å². The van der Waals surface area contributed by atoms with Crippen molar-refractivity contribution in [2.24, 2.45) is 0 Å². The van der Waals surface area contributed by atoms with Crippen LogP contribution in [0, 0.1) is 6.92 Å². The van der Waals surface area contributed by atoms with E-state index < -0.39 is 0 Å². The highest BCUT2D eigenvalue weighted by atomic mass is 35.5. The number of ether oxygens (including phenoxy) is 1. The second kappa shape index (κ2) is 6.08. The molecule has 0 aliphatic carbocycles. The van der Waals surface area contributed by atoms with Crippen LogP contribution in [0.15, 0.2) is 24.4 Å². The predicted octanol–water partition coefficient (Wildman–Crippen LogP) is 4.32. The first-order valence-corrected chi connectivity index (χ1v) is 6.56. The van der Waals surface area contributed by atoms with Gasteiger partial charge in [0, 0.05) is 11.6 Å². The monoisotopic (exact) mass is 297 g/mol. The van der Waals surface area contributed by atoms with Crippen LogP contribution >= 0.6 is 23.2 Å². The van der Waals surface area contributed by atoms with Crippen molar-refractivity contribution in [2.75, 3.05) is 11.9 Å². The van der Waals surface area contributed by atoms with Crippen LogP contribution in [0.3, 0.4) is 0 Å². The van der Waals surface area contributed by atoms with Gasteiger partial charge >= 0.3 is 0 Å². The summed E-state index contributed by atoms with van der Waals surface area (Å²) in [5.41, 5.74) is 0.948. The molecule has 4 nitrogen and oxygen atoms in total. The third kappa shape index (κ3) is 3.49. The van der Waals surface area contributed by atoms with E-state index in [1.807, 2.05) is 19.9 Å². The molecule has 0 bridgehead atoms. The normalized spacial score (nSPS) is 10.3. The number of anilines is 1. The third-order valence-corrected chi connectivity index (χ3v) is 2.90. The third-order valence-electron chi connectivity index (χ3n) is 2.40. The van der Waals surface area contributed by atoms with Gasteiger partial charge in [0.2, 0.25) is 11.8 Å². The number of hydrogen-bond donors (Lipinski definition) is 1. The van der Waals surface area contributed by atoms with Gasteiger partial charge in [-0.1, -0.05) is 29.3 Å². The Morgan fingerprint density at radius 1 is 1.32 bits per heavy atom. The summed E-state index contributed by atoms with van der Waals surface area (Å²) in [6, 6.07) is 5.40. The molecule has 1 aromatic carbocycles. The minimum atomic E-state index is 0.304. The van der Waals surface area contributed by atoms with Gasteiger partial charge in [0.25, 0.3) is 0 Å². The van der Waals surface area contributed by atoms with Gasteiger partial charge < -0.3 is 10.1 Å². The highest BCUT2D eigenvalue weighted by Gasteiger charge is 2.09. The fourth-order valence-electron chi connectivity index (χ4n) is 1.45. The molecule has 0 saturated heterocycles. The lowest BCUT2D eigenvalue weighted by molar-refractivity contribution is 0.459. The van der Waals surface area contributed by atoms with E-state index in [1.165, 1.54) is 6.20 Å². The van der Waals surface area contributed by atoms with E-state index in [0.717, 1.165) is 12.1 Å². The van der Waals surface area contributed by atoms with Crippen LogP contribution in [-0.4, -0.2) is 16.5 Å². The number of benzene rings is 1. The second-order valence-electron chi connectivity index (χ2n) is 3.89. The van der Waals surface area contributed by atoms with Crippen molar-refractivity contribution in [1.82, 2.24) is 9.97 Å². The molecule has 1 heterocycles. The van der Waals surface area contributed by atoms with E-state index in [1.54, 1.807) is 12.1 Å². The molecule has 0 unspecified atom stereocenters. The van der Waals surface area contributed by atoms with E-state index in [9.17, 15) is 0 Å². The summed E-state index contributed by atoms with van der Waals surface area (Å²) in [6.07, 6.45) is 1.50. The summed E-state index contributed by atoms with van der Waals surface area (Å²) in [5.74, 6) is 1.40. The lowest BCUT2D eigenvalue weighted by Crippen LogP contribution is -2.03. The summed E-state index contributed by atoms with van der Waals surface area (Å²) in [6.45, 7) is 4.60. The van der Waals surface area contributed by atoms with Crippen LogP contribution in [-0.2, 0) is 0 Å². The van der Waals surface area contributed by atoms with Crippen LogP contribution in [0.5, 0.6) is 11.6 Å². The number of halogens is 2. The SMILES string of the molecule is CCNc1ncc(Cl)c(Oc2cc(Cl)ccc2C)n1. The Balaban J connectivity index is 2.31. The zero-order chi connectivity index (χ0) is 13.8. The van der Waals surface area contributed by atoms with Gasteiger partial charge in [0.05, 0.1) is 6.20 Å². The van der Waals surface area contributed by atoms with Crippen LogP contribution in [0.25, 0.3) is 0 Å². The summed E-state index contributed by atoms with van der Waals surface area (Å²) < 4.78 is 5.70. The van der Waals surface area contributed by atoms with E-state index in [2.05, 4.69) is 15.3 Å². The van der Waals surface area contributed by atoms with Gasteiger partial charge in [-0.2, -0.15) is 4.98 Å². The fourth-order valence-corrected chi connectivity index (χ4v) is 1.75. The Labute approximate surface area is 121 Å². The first kappa shape index (κ1) is 13.9. The van der Waals surface area contributed by atoms with Gasteiger partial charge in [-0.05, 0) is 31.5 Å². The summed E-state index contributed by atoms with van der Waals surface area (Å²) in [7, 11) is 0. The van der Waals surface area contributed by atoms with Gasteiger partial charge in [0.1, 0.15) is 10.8 Å². The molecular weight excluding hydrogens is 285 g/mol. The Morgan fingerprint density at radius 2 is 2.11 bits per heavy atom. The molecular formula is C13H13Cl2N3O. The van der Waals surface area contributed by atoms with Crippen molar-refractivity contribution in [1.29, 1.82) is 0 Å². The van der Waals surface area contributed by atoms with Gasteiger partial charge in [0.15, 0.2) is 0 Å². The molecule has 0 amide bonds. The standard InChI is InChI=1S/C13H13Cl2N3O/c1-3-16-13-17-7-10(15)12(18-13)19-11-6-9(14)5-4-8(11)2/h4-7H,3H2,1-2H3,(H,16,17,18). The second-order valence-corrected chi connectivity index (χ2v) is 4.73. The Morgan fingerprint density at radius 3 is 2.84 bits per heavy atom. The number of nitrogens with one attached hydrogen (secondary N) is 1. The molecule has 0 aliphatic rings. The average molecular weight is 298 g/mol. The fraction of sp³-hybridized carbons (Fsp3) is 0.231. The predicted molar refractivity (Wildman–Crippen MR) is 77.5 cm³/mol. The number of aromatic nitrogens is 2. The molecule has 2 aromatic rings. The zero-order valence-corrected chi connectivity index (χ0v) is 12.1. The molecule has 0 aliphatic heterocycles. The number of hydrogen-bond acceptors (Lipinski definition) is 4. The van der Waals surface area contributed by atoms with E-state index in [0.29, 0.717) is 27.6 Å². The smallest absolute Gasteiger partial charge is 0.243 e. The quantitative estimate of drug-likeness (QED) is 0.913. The van der Waals surface area contributed by atoms with Crippen LogP contribution < -0.4 is 10.1 Å². The van der Waals surface area contributed by atoms with Crippen molar-refractivity contribution in [3.63, 3.8) is 0 Å². The molecule has 1 aromatic heterocycles. The zero-order valence-electron chi connectivity index (χ0n) is 10.6. The number of nitrogens with zero attached hydrogens (tertiary/aromatic N) is 2. The molecule has 1 N–H and O–H groups in total. The molecule has 0 radical (unpaired) electrons. The van der Waals surface area contributed by atoms with Crippen molar-refractivity contribution in [2.45, 2.75) is 13.8 Å². The maximum absolute atomic E-state index is 6.03. The van der Waals surface area contributed by atoms with E-state index in [4.69, 9.17) is 27.9 Å². The van der Waals surface area contributed by atoms with Gasteiger partial charge in [-0.25, -0.2) is 4.98 Å². The summed E-state index contributed by atoms with van der Waals surface area (Å²) in [4.78, 5) is 8.26. The van der Waals surface area contributed by atoms with Crippen LogP contribution in [0.1, 0.15) is 12.5 Å². The van der Waals surface area contributed by atoms with Crippen LogP contribution in [0.2, 0.25) is 10.0 Å². The molecule has 6 heteroatoms. The molecule has 0 saturated carbocycles. The Kier molecular flexibility index (Phi) is 4.45. The molecule has 0 atom stereocenters. The molecule has 19 heavy (non-hydrogen) atoms. The Bertz CT molecular complexity index is 590. The molecule has 0 fully saturated rings. The first-order chi connectivity index (χ1) is 9.10. The first-order valence-electron chi connectivity index (χ1n) is 5.80. The van der Waals surface area contributed by atoms with Crippen molar-refractivity contribution in [3.8, 4) is 11.6 Å². The maximum Gasteiger partial charge on any atom is 0.243 e. The lowest BCUT2D eigenvalue weighted by Gasteiger charge is -2.10. The molecule has 2 rings (SSSR count). The minimum absolute atomic E-state index is 0.304. The number of aryl methyl sites for hydroxylation is 1. The lowest BCUT2D eigenvalue weighted by atomic mass is 10.2. The van der Waals surface area contributed by atoms with E-state index in [-0.39, 0.29) is 0 Å². The highest BCUT2D eigenvalue weighted by molar-refractivity contribution is 6.31. The van der Waals surface area contributed by atoms with Crippen molar-refractivity contribution >= 4 is 29.2 Å². The Hall–Kier alpha value is -1.52. The molecule has 100 valence electrons. The van der Waals surface area contributed by atoms with Gasteiger partial charge in [-0.3, -0.25) is 0 Å². The van der Waals surface area contributed by atoms with Crippen molar-refractivity contribution < 1.29 is 4.74 Å².